The van der Waals surface area contributed by atoms with Crippen LogP contribution in [0.15, 0.2) is 12.1 Å². The van der Waals surface area contributed by atoms with Gasteiger partial charge in [-0.3, -0.25) is 0 Å². The summed E-state index contributed by atoms with van der Waals surface area (Å²) in [5.41, 5.74) is 0.408. The lowest BCUT2D eigenvalue weighted by Crippen LogP contribution is -2.06. The van der Waals surface area contributed by atoms with E-state index in [4.69, 9.17) is 4.74 Å². The quantitative estimate of drug-likeness (QED) is 0.594. The van der Waals surface area contributed by atoms with Crippen molar-refractivity contribution >= 4 is 51.2 Å². The third-order valence-corrected chi connectivity index (χ3v) is 3.29. The van der Waals surface area contributed by atoms with Gasteiger partial charge in [-0.1, -0.05) is 0 Å². The number of ether oxygens (including phenoxy) is 1. The van der Waals surface area contributed by atoms with E-state index in [1.807, 2.05) is 45.2 Å². The lowest BCUT2D eigenvalue weighted by molar-refractivity contribution is 0.0524. The topological polar surface area (TPSA) is 46.5 Å². The van der Waals surface area contributed by atoms with Gasteiger partial charge in [0.15, 0.2) is 0 Å². The first kappa shape index (κ1) is 12.0. The number of benzene rings is 1. The summed E-state index contributed by atoms with van der Waals surface area (Å²) in [7, 11) is 0. The van der Waals surface area contributed by atoms with Crippen molar-refractivity contribution in [3.63, 3.8) is 0 Å². The van der Waals surface area contributed by atoms with Crippen LogP contribution in [0, 0.1) is 7.14 Å². The summed E-state index contributed by atoms with van der Waals surface area (Å²) >= 11 is 4.05. The molecule has 0 aliphatic heterocycles. The van der Waals surface area contributed by atoms with Crippen LogP contribution in [0.5, 0.6) is 5.75 Å². The van der Waals surface area contributed by atoms with Crippen LogP contribution >= 0.6 is 45.2 Å². The summed E-state index contributed by atoms with van der Waals surface area (Å²) in [5.74, 6) is -0.294. The Morgan fingerprint density at radius 3 is 2.64 bits per heavy atom. The molecule has 0 fully saturated rings. The lowest BCUT2D eigenvalue weighted by Gasteiger charge is -2.05. The van der Waals surface area contributed by atoms with Crippen LogP contribution in [0.4, 0.5) is 0 Å². The molecule has 0 unspecified atom stereocenters. The maximum absolute atomic E-state index is 11.4. The minimum absolute atomic E-state index is 0.106. The van der Waals surface area contributed by atoms with E-state index in [-0.39, 0.29) is 5.75 Å². The second-order valence-corrected chi connectivity index (χ2v) is 4.83. The van der Waals surface area contributed by atoms with E-state index in [1.54, 1.807) is 13.0 Å². The van der Waals surface area contributed by atoms with E-state index in [1.165, 1.54) is 6.07 Å². The number of carbonyl (C=O) groups is 1. The van der Waals surface area contributed by atoms with Gasteiger partial charge < -0.3 is 9.84 Å². The van der Waals surface area contributed by atoms with Gasteiger partial charge >= 0.3 is 5.97 Å². The maximum Gasteiger partial charge on any atom is 0.339 e. The Morgan fingerprint density at radius 2 is 2.07 bits per heavy atom. The van der Waals surface area contributed by atoms with Gasteiger partial charge in [0, 0.05) is 3.57 Å². The average molecular weight is 418 g/mol. The highest BCUT2D eigenvalue weighted by Gasteiger charge is 2.13. The summed E-state index contributed by atoms with van der Waals surface area (Å²) in [6, 6.07) is 3.17. The number of hydrogen-bond donors (Lipinski definition) is 1. The fraction of sp³-hybridized carbons (Fsp3) is 0.222. The number of rotatable bonds is 2. The highest BCUT2D eigenvalue weighted by Crippen LogP contribution is 2.25. The van der Waals surface area contributed by atoms with Crippen LogP contribution in [0.2, 0.25) is 0 Å². The molecule has 0 aliphatic carbocycles. The summed E-state index contributed by atoms with van der Waals surface area (Å²) in [6.45, 7) is 2.08. The number of esters is 1. The molecule has 0 bridgehead atoms. The van der Waals surface area contributed by atoms with Gasteiger partial charge in [0.25, 0.3) is 0 Å². The number of phenolic OH excluding ortho intramolecular Hbond substituents is 1. The van der Waals surface area contributed by atoms with Crippen LogP contribution in [0.3, 0.4) is 0 Å². The Balaban J connectivity index is 3.09. The van der Waals surface area contributed by atoms with Gasteiger partial charge in [-0.2, -0.15) is 0 Å². The largest absolute Gasteiger partial charge is 0.507 e. The summed E-state index contributed by atoms with van der Waals surface area (Å²) in [6.07, 6.45) is 0. The van der Waals surface area contributed by atoms with Crippen molar-refractivity contribution in [2.45, 2.75) is 6.92 Å². The molecular weight excluding hydrogens is 410 g/mol. The molecule has 0 heterocycles. The van der Waals surface area contributed by atoms with Crippen LogP contribution in [-0.4, -0.2) is 17.7 Å². The third-order valence-electron chi connectivity index (χ3n) is 1.53. The smallest absolute Gasteiger partial charge is 0.339 e. The van der Waals surface area contributed by atoms with Crippen molar-refractivity contribution in [2.24, 2.45) is 0 Å². The summed E-state index contributed by atoms with van der Waals surface area (Å²) in [5, 5.41) is 9.42. The van der Waals surface area contributed by atoms with Gasteiger partial charge in [-0.15, -0.1) is 0 Å². The molecule has 1 N–H and O–H groups in total. The van der Waals surface area contributed by atoms with Crippen molar-refractivity contribution in [3.8, 4) is 5.75 Å². The van der Waals surface area contributed by atoms with Gasteiger partial charge in [0.05, 0.1) is 15.7 Å². The highest BCUT2D eigenvalue weighted by molar-refractivity contribution is 14.1. The second kappa shape index (κ2) is 5.15. The molecule has 5 heteroatoms. The molecule has 14 heavy (non-hydrogen) atoms. The van der Waals surface area contributed by atoms with E-state index < -0.39 is 5.97 Å². The molecular formula is C9H8I2O3. The average Bonchev–Trinajstić information content (AvgIpc) is 2.11. The Bertz CT molecular complexity index is 363. The normalized spacial score (nSPS) is 9.93. The molecule has 0 amide bonds. The minimum Gasteiger partial charge on any atom is -0.507 e. The van der Waals surface area contributed by atoms with Crippen LogP contribution < -0.4 is 0 Å². The molecule has 0 aliphatic rings. The molecule has 0 saturated heterocycles. The lowest BCUT2D eigenvalue weighted by atomic mass is 10.2. The van der Waals surface area contributed by atoms with Gasteiger partial charge in [0.2, 0.25) is 0 Å². The van der Waals surface area contributed by atoms with E-state index in [9.17, 15) is 9.90 Å². The number of phenols is 1. The molecule has 0 radical (unpaired) electrons. The number of aromatic hydroxyl groups is 1. The van der Waals surface area contributed by atoms with Crippen molar-refractivity contribution in [3.05, 3.63) is 24.8 Å². The maximum atomic E-state index is 11.4. The van der Waals surface area contributed by atoms with Gasteiger partial charge in [-0.25, -0.2) is 4.79 Å². The van der Waals surface area contributed by atoms with Crippen molar-refractivity contribution in [1.82, 2.24) is 0 Å². The molecule has 0 atom stereocenters. The first-order valence-corrected chi connectivity index (χ1v) is 6.07. The number of halogens is 2. The molecule has 3 nitrogen and oxygen atoms in total. The van der Waals surface area contributed by atoms with E-state index in [2.05, 4.69) is 0 Å². The number of carbonyl (C=O) groups excluding carboxylic acids is 1. The van der Waals surface area contributed by atoms with E-state index in [0.717, 1.165) is 7.14 Å². The zero-order chi connectivity index (χ0) is 10.7. The van der Waals surface area contributed by atoms with E-state index >= 15 is 0 Å². The summed E-state index contributed by atoms with van der Waals surface area (Å²) < 4.78 is 6.35. The molecule has 0 spiro atoms. The first-order chi connectivity index (χ1) is 6.56. The molecule has 1 aromatic carbocycles. The molecule has 1 rings (SSSR count). The Morgan fingerprint density at radius 1 is 1.43 bits per heavy atom. The predicted molar refractivity (Wildman–Crippen MR) is 69.5 cm³/mol. The third kappa shape index (κ3) is 2.72. The van der Waals surface area contributed by atoms with Crippen molar-refractivity contribution in [2.75, 3.05) is 6.61 Å². The highest BCUT2D eigenvalue weighted by atomic mass is 127. The molecule has 76 valence electrons. The van der Waals surface area contributed by atoms with Crippen LogP contribution in [0.1, 0.15) is 17.3 Å². The monoisotopic (exact) mass is 418 g/mol. The molecule has 0 aromatic heterocycles. The zero-order valence-electron chi connectivity index (χ0n) is 7.38. The first-order valence-electron chi connectivity index (χ1n) is 3.91. The number of hydrogen-bond acceptors (Lipinski definition) is 3. The standard InChI is InChI=1S/C9H8I2O3/c1-2-14-9(13)5-3-8(12)7(11)4-6(5)10/h3-4,12H,2H2,1H3. The summed E-state index contributed by atoms with van der Waals surface area (Å²) in [4.78, 5) is 11.4. The Labute approximate surface area is 109 Å². The zero-order valence-corrected chi connectivity index (χ0v) is 11.7. The van der Waals surface area contributed by atoms with Crippen molar-refractivity contribution < 1.29 is 14.6 Å². The fourth-order valence-electron chi connectivity index (χ4n) is 0.903. The van der Waals surface area contributed by atoms with Crippen LogP contribution in [-0.2, 0) is 4.74 Å². The Hall–Kier alpha value is -0.0500. The van der Waals surface area contributed by atoms with Crippen molar-refractivity contribution in [1.29, 1.82) is 0 Å². The molecule has 0 saturated carbocycles. The fourth-order valence-corrected chi connectivity index (χ4v) is 2.65. The van der Waals surface area contributed by atoms with Gasteiger partial charge in [0.1, 0.15) is 5.75 Å². The predicted octanol–water partition coefficient (Wildman–Crippen LogP) is 2.78. The van der Waals surface area contributed by atoms with Gasteiger partial charge in [-0.05, 0) is 64.2 Å². The molecule has 1 aromatic rings. The minimum atomic E-state index is -0.399. The Kier molecular flexibility index (Phi) is 4.42. The SMILES string of the molecule is CCOC(=O)c1cc(O)c(I)cc1I. The second-order valence-electron chi connectivity index (χ2n) is 2.50. The van der Waals surface area contributed by atoms with Crippen LogP contribution in [0.25, 0.3) is 0 Å². The van der Waals surface area contributed by atoms with E-state index in [0.29, 0.717) is 12.2 Å².